The number of imidazole rings is 1. The highest BCUT2D eigenvalue weighted by molar-refractivity contribution is 5.48. The van der Waals surface area contributed by atoms with Gasteiger partial charge in [-0.3, -0.25) is 0 Å². The van der Waals surface area contributed by atoms with E-state index in [0.717, 1.165) is 36.9 Å². The molecule has 4 nitrogen and oxygen atoms in total. The van der Waals surface area contributed by atoms with Crippen molar-refractivity contribution in [3.63, 3.8) is 0 Å². The van der Waals surface area contributed by atoms with E-state index in [1.807, 2.05) is 29.0 Å². The van der Waals surface area contributed by atoms with E-state index in [9.17, 15) is 4.79 Å². The Morgan fingerprint density at radius 2 is 2.05 bits per heavy atom. The van der Waals surface area contributed by atoms with Gasteiger partial charge in [0.1, 0.15) is 5.54 Å². The molecule has 2 aromatic rings. The topological polar surface area (TPSA) is 47.2 Å². The second kappa shape index (κ2) is 4.82. The monoisotopic (exact) mass is 253 g/mol. The Morgan fingerprint density at radius 3 is 2.74 bits per heavy atom. The molecule has 0 aliphatic heterocycles. The fourth-order valence-electron chi connectivity index (χ4n) is 2.98. The smallest absolute Gasteiger partial charge is 0.235 e. The minimum atomic E-state index is -0.400. The highest BCUT2D eigenvalue weighted by Crippen LogP contribution is 2.44. The Morgan fingerprint density at radius 1 is 1.26 bits per heavy atom. The first kappa shape index (κ1) is 11.9. The summed E-state index contributed by atoms with van der Waals surface area (Å²) >= 11 is 0. The lowest BCUT2D eigenvalue weighted by molar-refractivity contribution is 0.454. The number of hydrogen-bond donors (Lipinski definition) is 0. The predicted octanol–water partition coefficient (Wildman–Crippen LogP) is 2.98. The van der Waals surface area contributed by atoms with Crippen LogP contribution in [0, 0.1) is 0 Å². The van der Waals surface area contributed by atoms with Crippen LogP contribution in [0.4, 0.5) is 0 Å². The number of rotatable bonds is 3. The van der Waals surface area contributed by atoms with Crippen LogP contribution in [0.3, 0.4) is 0 Å². The maximum Gasteiger partial charge on any atom is 0.235 e. The summed E-state index contributed by atoms with van der Waals surface area (Å²) in [6.45, 7) is 0. The average Bonchev–Trinajstić information content (AvgIpc) is 3.11. The molecule has 4 heteroatoms. The zero-order chi connectivity index (χ0) is 13.1. The van der Waals surface area contributed by atoms with Crippen LogP contribution < -0.4 is 0 Å². The van der Waals surface area contributed by atoms with Crippen LogP contribution in [0.25, 0.3) is 5.69 Å². The second-order valence-corrected chi connectivity index (χ2v) is 4.93. The van der Waals surface area contributed by atoms with Crippen LogP contribution in [0.15, 0.2) is 48.0 Å². The lowest BCUT2D eigenvalue weighted by Crippen LogP contribution is -2.21. The summed E-state index contributed by atoms with van der Waals surface area (Å²) in [7, 11) is 0. The van der Waals surface area contributed by atoms with Crippen molar-refractivity contribution in [2.75, 3.05) is 0 Å². The molecule has 1 heterocycles. The van der Waals surface area contributed by atoms with Crippen molar-refractivity contribution in [2.45, 2.75) is 31.2 Å². The molecule has 19 heavy (non-hydrogen) atoms. The van der Waals surface area contributed by atoms with Gasteiger partial charge in [0.15, 0.2) is 0 Å². The third kappa shape index (κ3) is 2.00. The fraction of sp³-hybridized carbons (Fsp3) is 0.333. The van der Waals surface area contributed by atoms with Crippen molar-refractivity contribution in [1.29, 1.82) is 0 Å². The Balaban J connectivity index is 2.17. The van der Waals surface area contributed by atoms with Crippen molar-refractivity contribution >= 4 is 6.08 Å². The van der Waals surface area contributed by atoms with Gasteiger partial charge in [-0.2, -0.15) is 4.99 Å². The van der Waals surface area contributed by atoms with E-state index >= 15 is 0 Å². The van der Waals surface area contributed by atoms with Gasteiger partial charge in [0, 0.05) is 18.0 Å². The molecule has 96 valence electrons. The zero-order valence-corrected chi connectivity index (χ0v) is 10.6. The van der Waals surface area contributed by atoms with Crippen LogP contribution in [0.1, 0.15) is 31.2 Å². The average molecular weight is 253 g/mol. The number of hydrogen-bond acceptors (Lipinski definition) is 3. The summed E-state index contributed by atoms with van der Waals surface area (Å²) in [6.07, 6.45) is 11.2. The fourth-order valence-corrected chi connectivity index (χ4v) is 2.98. The molecule has 0 amide bonds. The molecule has 1 aromatic heterocycles. The maximum atomic E-state index is 10.8. The van der Waals surface area contributed by atoms with Crippen LogP contribution >= 0.6 is 0 Å². The lowest BCUT2D eigenvalue weighted by Gasteiger charge is -2.25. The van der Waals surface area contributed by atoms with Gasteiger partial charge >= 0.3 is 0 Å². The van der Waals surface area contributed by atoms with E-state index < -0.39 is 5.54 Å². The van der Waals surface area contributed by atoms with Gasteiger partial charge in [0.2, 0.25) is 6.08 Å². The summed E-state index contributed by atoms with van der Waals surface area (Å²) in [5.74, 6) is 0. The van der Waals surface area contributed by atoms with E-state index in [1.54, 1.807) is 18.6 Å². The van der Waals surface area contributed by atoms with Gasteiger partial charge in [-0.05, 0) is 18.9 Å². The Kier molecular flexibility index (Phi) is 3.02. The van der Waals surface area contributed by atoms with Gasteiger partial charge in [-0.25, -0.2) is 9.78 Å². The molecule has 0 saturated heterocycles. The Hall–Kier alpha value is -2.19. The first-order chi connectivity index (χ1) is 9.36. The minimum Gasteiger partial charge on any atom is -0.306 e. The highest BCUT2D eigenvalue weighted by Gasteiger charge is 2.37. The van der Waals surface area contributed by atoms with Gasteiger partial charge in [-0.1, -0.05) is 31.0 Å². The molecule has 0 atom stereocenters. The predicted molar refractivity (Wildman–Crippen MR) is 71.8 cm³/mol. The molecule has 3 rings (SSSR count). The number of carbonyl (C=O) groups excluding carboxylic acids is 1. The lowest BCUT2D eigenvalue weighted by atomic mass is 9.87. The minimum absolute atomic E-state index is 0.400. The molecule has 0 bridgehead atoms. The summed E-state index contributed by atoms with van der Waals surface area (Å²) in [5.41, 5.74) is 1.73. The number of para-hydroxylation sites is 1. The third-order valence-corrected chi connectivity index (χ3v) is 3.88. The molecule has 0 radical (unpaired) electrons. The van der Waals surface area contributed by atoms with Gasteiger partial charge in [-0.15, -0.1) is 0 Å². The van der Waals surface area contributed by atoms with E-state index in [4.69, 9.17) is 0 Å². The normalized spacial score (nSPS) is 17.1. The van der Waals surface area contributed by atoms with Gasteiger partial charge in [0.25, 0.3) is 0 Å². The first-order valence-corrected chi connectivity index (χ1v) is 6.53. The standard InChI is InChI=1S/C15H15N3O/c19-12-17-15(7-3-4-8-15)13-5-1-2-6-14(13)18-10-9-16-11-18/h1-2,5-6,9-11H,3-4,7-8H2. The molecular weight excluding hydrogens is 238 g/mol. The van der Waals surface area contributed by atoms with Gasteiger partial charge < -0.3 is 4.57 Å². The molecule has 0 N–H and O–H groups in total. The van der Waals surface area contributed by atoms with Crippen molar-refractivity contribution in [2.24, 2.45) is 4.99 Å². The molecule has 1 aliphatic rings. The van der Waals surface area contributed by atoms with Crippen LogP contribution in [-0.2, 0) is 10.3 Å². The zero-order valence-electron chi connectivity index (χ0n) is 10.6. The molecule has 0 unspecified atom stereocenters. The highest BCUT2D eigenvalue weighted by atomic mass is 16.1. The summed E-state index contributed by atoms with van der Waals surface area (Å²) < 4.78 is 1.97. The van der Waals surface area contributed by atoms with Crippen LogP contribution in [0.2, 0.25) is 0 Å². The van der Waals surface area contributed by atoms with E-state index in [-0.39, 0.29) is 0 Å². The molecule has 1 saturated carbocycles. The summed E-state index contributed by atoms with van der Waals surface area (Å²) in [4.78, 5) is 19.1. The molecule has 1 fully saturated rings. The summed E-state index contributed by atoms with van der Waals surface area (Å²) in [6, 6.07) is 8.08. The van der Waals surface area contributed by atoms with Crippen molar-refractivity contribution in [3.8, 4) is 5.69 Å². The van der Waals surface area contributed by atoms with Crippen LogP contribution in [0.5, 0.6) is 0 Å². The molecular formula is C15H15N3O. The number of benzene rings is 1. The number of aliphatic imine (C=N–C) groups is 1. The van der Waals surface area contributed by atoms with Gasteiger partial charge in [0.05, 0.1) is 12.0 Å². The number of aromatic nitrogens is 2. The molecule has 1 aliphatic carbocycles. The maximum absolute atomic E-state index is 10.8. The largest absolute Gasteiger partial charge is 0.306 e. The molecule has 1 aromatic carbocycles. The Labute approximate surface area is 111 Å². The van der Waals surface area contributed by atoms with Crippen molar-refractivity contribution in [3.05, 3.63) is 48.5 Å². The van der Waals surface area contributed by atoms with Crippen molar-refractivity contribution in [1.82, 2.24) is 9.55 Å². The number of nitrogens with zero attached hydrogens (tertiary/aromatic N) is 3. The molecule has 0 spiro atoms. The van der Waals surface area contributed by atoms with E-state index in [2.05, 4.69) is 16.0 Å². The number of isocyanates is 1. The van der Waals surface area contributed by atoms with Crippen LogP contribution in [-0.4, -0.2) is 15.6 Å². The summed E-state index contributed by atoms with van der Waals surface area (Å²) in [5, 5.41) is 0. The first-order valence-electron chi connectivity index (χ1n) is 6.53. The second-order valence-electron chi connectivity index (χ2n) is 4.93. The quantitative estimate of drug-likeness (QED) is 0.623. The van der Waals surface area contributed by atoms with E-state index in [0.29, 0.717) is 0 Å². The Bertz CT molecular complexity index is 606. The SMILES string of the molecule is O=C=NC1(c2ccccc2-n2ccnc2)CCCC1. The van der Waals surface area contributed by atoms with E-state index in [1.165, 1.54) is 0 Å². The third-order valence-electron chi connectivity index (χ3n) is 3.88. The van der Waals surface area contributed by atoms with Crippen molar-refractivity contribution < 1.29 is 4.79 Å².